The average Bonchev–Trinajstić information content (AvgIpc) is 3.20. The van der Waals surface area contributed by atoms with Crippen LogP contribution in [0.25, 0.3) is 16.7 Å². The van der Waals surface area contributed by atoms with Gasteiger partial charge in [0.1, 0.15) is 24.0 Å². The molecule has 146 valence electrons. The molecule has 0 spiro atoms. The molecule has 1 amide bonds. The number of anilines is 1. The van der Waals surface area contributed by atoms with E-state index < -0.39 is 5.63 Å². The maximum atomic E-state index is 12.4. The lowest BCUT2D eigenvalue weighted by Gasteiger charge is -2.12. The third kappa shape index (κ3) is 4.12. The topological polar surface area (TPSA) is 99.2 Å². The van der Waals surface area contributed by atoms with Crippen LogP contribution < -0.4 is 15.7 Å². The third-order valence-corrected chi connectivity index (χ3v) is 4.43. The SMILES string of the molecule is Cc1cc(=O)oc2cc(OCC(=O)Nc3cc(Cl)ccc3-n3cncn3)ccc12. The van der Waals surface area contributed by atoms with Gasteiger partial charge in [0.25, 0.3) is 5.91 Å². The molecule has 8 nitrogen and oxygen atoms in total. The Bertz CT molecular complexity index is 1250. The fourth-order valence-electron chi connectivity index (χ4n) is 2.87. The van der Waals surface area contributed by atoms with Crippen molar-refractivity contribution in [2.75, 3.05) is 11.9 Å². The largest absolute Gasteiger partial charge is 0.484 e. The molecule has 4 aromatic rings. The van der Waals surface area contributed by atoms with E-state index in [9.17, 15) is 9.59 Å². The third-order valence-electron chi connectivity index (χ3n) is 4.19. The second-order valence-electron chi connectivity index (χ2n) is 6.24. The van der Waals surface area contributed by atoms with Gasteiger partial charge in [0.15, 0.2) is 6.61 Å². The second kappa shape index (κ2) is 7.76. The summed E-state index contributed by atoms with van der Waals surface area (Å²) in [4.78, 5) is 27.8. The summed E-state index contributed by atoms with van der Waals surface area (Å²) in [5.41, 5.74) is 1.85. The van der Waals surface area contributed by atoms with Crippen LogP contribution in [-0.4, -0.2) is 27.3 Å². The zero-order valence-electron chi connectivity index (χ0n) is 15.3. The Morgan fingerprint density at radius 2 is 2.10 bits per heavy atom. The summed E-state index contributed by atoms with van der Waals surface area (Å²) in [6, 6.07) is 11.5. The van der Waals surface area contributed by atoms with Gasteiger partial charge in [-0.2, -0.15) is 5.10 Å². The highest BCUT2D eigenvalue weighted by atomic mass is 35.5. The molecule has 0 aliphatic heterocycles. The van der Waals surface area contributed by atoms with E-state index in [2.05, 4.69) is 15.4 Å². The second-order valence-corrected chi connectivity index (χ2v) is 6.68. The number of amides is 1. The molecule has 0 fully saturated rings. The van der Waals surface area contributed by atoms with Gasteiger partial charge in [-0.05, 0) is 42.8 Å². The van der Waals surface area contributed by atoms with Crippen molar-refractivity contribution in [1.82, 2.24) is 14.8 Å². The number of carbonyl (C=O) groups is 1. The molecule has 0 aliphatic carbocycles. The predicted octanol–water partition coefficient (Wildman–Crippen LogP) is 3.35. The van der Waals surface area contributed by atoms with Gasteiger partial charge in [-0.3, -0.25) is 4.79 Å². The van der Waals surface area contributed by atoms with E-state index in [0.717, 1.165) is 10.9 Å². The highest BCUT2D eigenvalue weighted by molar-refractivity contribution is 6.31. The number of aryl methyl sites for hydroxylation is 1. The first-order valence-electron chi connectivity index (χ1n) is 8.61. The van der Waals surface area contributed by atoms with Gasteiger partial charge >= 0.3 is 5.63 Å². The fraction of sp³-hybridized carbons (Fsp3) is 0.100. The first-order chi connectivity index (χ1) is 14.0. The molecule has 4 rings (SSSR count). The van der Waals surface area contributed by atoms with E-state index in [1.807, 2.05) is 6.92 Å². The van der Waals surface area contributed by atoms with E-state index in [4.69, 9.17) is 20.8 Å². The van der Waals surface area contributed by atoms with Crippen molar-refractivity contribution in [3.05, 3.63) is 76.1 Å². The predicted molar refractivity (Wildman–Crippen MR) is 108 cm³/mol. The first kappa shape index (κ1) is 18.7. The van der Waals surface area contributed by atoms with E-state index in [1.165, 1.54) is 23.4 Å². The Balaban J connectivity index is 1.49. The Morgan fingerprint density at radius 1 is 1.24 bits per heavy atom. The van der Waals surface area contributed by atoms with Gasteiger partial charge in [0.05, 0.1) is 11.4 Å². The molecule has 2 aromatic heterocycles. The van der Waals surface area contributed by atoms with E-state index in [1.54, 1.807) is 36.4 Å². The number of aromatic nitrogens is 3. The number of benzene rings is 2. The number of carbonyl (C=O) groups excluding carboxylic acids is 1. The Kier molecular flexibility index (Phi) is 5.01. The van der Waals surface area contributed by atoms with E-state index in [0.29, 0.717) is 27.7 Å². The van der Waals surface area contributed by atoms with Crippen LogP contribution in [0.1, 0.15) is 5.56 Å². The van der Waals surface area contributed by atoms with Crippen LogP contribution in [0.15, 0.2) is 64.3 Å². The zero-order valence-corrected chi connectivity index (χ0v) is 16.0. The van der Waals surface area contributed by atoms with E-state index in [-0.39, 0.29) is 12.5 Å². The Hall–Kier alpha value is -3.65. The van der Waals surface area contributed by atoms with Crippen molar-refractivity contribution in [2.24, 2.45) is 0 Å². The summed E-state index contributed by atoms with van der Waals surface area (Å²) < 4.78 is 12.3. The summed E-state index contributed by atoms with van der Waals surface area (Å²) in [5.74, 6) is 0.0171. The Labute approximate surface area is 169 Å². The van der Waals surface area contributed by atoms with Crippen LogP contribution in [0.2, 0.25) is 5.02 Å². The molecular weight excluding hydrogens is 396 g/mol. The number of hydrogen-bond acceptors (Lipinski definition) is 6. The number of rotatable bonds is 5. The van der Waals surface area contributed by atoms with Gasteiger partial charge in [-0.1, -0.05) is 11.6 Å². The van der Waals surface area contributed by atoms with Crippen molar-refractivity contribution in [3.8, 4) is 11.4 Å². The number of nitrogens with zero attached hydrogens (tertiary/aromatic N) is 3. The highest BCUT2D eigenvalue weighted by Gasteiger charge is 2.11. The molecule has 1 N–H and O–H groups in total. The van der Waals surface area contributed by atoms with Crippen molar-refractivity contribution >= 4 is 34.2 Å². The normalized spacial score (nSPS) is 10.8. The van der Waals surface area contributed by atoms with Gasteiger partial charge in [-0.25, -0.2) is 14.5 Å². The molecule has 2 heterocycles. The molecule has 0 atom stereocenters. The zero-order chi connectivity index (χ0) is 20.4. The molecule has 0 saturated carbocycles. The Morgan fingerprint density at radius 3 is 2.90 bits per heavy atom. The summed E-state index contributed by atoms with van der Waals surface area (Å²) in [5, 5.41) is 8.09. The molecular formula is C20H15ClN4O4. The fourth-order valence-corrected chi connectivity index (χ4v) is 3.04. The minimum absolute atomic E-state index is 0.245. The van der Waals surface area contributed by atoms with Crippen molar-refractivity contribution in [2.45, 2.75) is 6.92 Å². The molecule has 9 heteroatoms. The van der Waals surface area contributed by atoms with Crippen molar-refractivity contribution in [3.63, 3.8) is 0 Å². The lowest BCUT2D eigenvalue weighted by Crippen LogP contribution is -2.21. The summed E-state index contributed by atoms with van der Waals surface area (Å²) >= 11 is 6.05. The molecule has 0 saturated heterocycles. The molecule has 0 radical (unpaired) electrons. The minimum atomic E-state index is -0.438. The molecule has 0 aliphatic rings. The monoisotopic (exact) mass is 410 g/mol. The molecule has 2 aromatic carbocycles. The minimum Gasteiger partial charge on any atom is -0.484 e. The lowest BCUT2D eigenvalue weighted by molar-refractivity contribution is -0.118. The van der Waals surface area contributed by atoms with Crippen LogP contribution >= 0.6 is 11.6 Å². The number of halogens is 1. The van der Waals surface area contributed by atoms with Crippen LogP contribution in [-0.2, 0) is 4.79 Å². The summed E-state index contributed by atoms with van der Waals surface area (Å²) in [6.45, 7) is 1.58. The summed E-state index contributed by atoms with van der Waals surface area (Å²) in [6.07, 6.45) is 2.91. The average molecular weight is 411 g/mol. The number of ether oxygens (including phenoxy) is 1. The standard InChI is InChI=1S/C20H15ClN4O4/c1-12-6-20(27)29-18-8-14(3-4-15(12)18)28-9-19(26)24-16-7-13(21)2-5-17(16)25-11-22-10-23-25/h2-8,10-11H,9H2,1H3,(H,24,26). The van der Waals surface area contributed by atoms with Gasteiger partial charge in [-0.15, -0.1) is 0 Å². The van der Waals surface area contributed by atoms with Gasteiger partial charge < -0.3 is 14.5 Å². The van der Waals surface area contributed by atoms with Crippen LogP contribution in [0, 0.1) is 6.92 Å². The maximum Gasteiger partial charge on any atom is 0.336 e. The number of hydrogen-bond donors (Lipinski definition) is 1. The smallest absolute Gasteiger partial charge is 0.336 e. The van der Waals surface area contributed by atoms with Crippen LogP contribution in [0.3, 0.4) is 0 Å². The number of nitrogens with one attached hydrogen (secondary N) is 1. The molecule has 29 heavy (non-hydrogen) atoms. The lowest BCUT2D eigenvalue weighted by atomic mass is 10.1. The molecule has 0 bridgehead atoms. The highest BCUT2D eigenvalue weighted by Crippen LogP contribution is 2.25. The summed E-state index contributed by atoms with van der Waals surface area (Å²) in [7, 11) is 0. The van der Waals surface area contributed by atoms with Gasteiger partial charge in [0.2, 0.25) is 0 Å². The molecule has 0 unspecified atom stereocenters. The van der Waals surface area contributed by atoms with Gasteiger partial charge in [0, 0.05) is 22.5 Å². The van der Waals surface area contributed by atoms with Crippen LogP contribution in [0.5, 0.6) is 5.75 Å². The van der Waals surface area contributed by atoms with Crippen LogP contribution in [0.4, 0.5) is 5.69 Å². The quantitative estimate of drug-likeness (QED) is 0.506. The van der Waals surface area contributed by atoms with E-state index >= 15 is 0 Å². The first-order valence-corrected chi connectivity index (χ1v) is 8.99. The van der Waals surface area contributed by atoms with Crippen molar-refractivity contribution in [1.29, 1.82) is 0 Å². The maximum absolute atomic E-state index is 12.4. The van der Waals surface area contributed by atoms with Crippen molar-refractivity contribution < 1.29 is 13.9 Å². The number of fused-ring (bicyclic) bond motifs is 1.